The number of nitrogens with one attached hydrogen (secondary N) is 1. The van der Waals surface area contributed by atoms with Crippen LogP contribution in [0.3, 0.4) is 0 Å². The van der Waals surface area contributed by atoms with E-state index in [1.54, 1.807) is 41.5 Å². The van der Waals surface area contributed by atoms with E-state index in [9.17, 15) is 23.2 Å². The van der Waals surface area contributed by atoms with E-state index in [0.29, 0.717) is 4.88 Å². The number of rotatable bonds is 6. The number of sulfone groups is 1. The van der Waals surface area contributed by atoms with Crippen molar-refractivity contribution in [1.82, 2.24) is 15.4 Å². The first-order valence-electron chi connectivity index (χ1n) is 10.9. The van der Waals surface area contributed by atoms with E-state index in [2.05, 4.69) is 4.98 Å². The van der Waals surface area contributed by atoms with E-state index in [4.69, 9.17) is 0 Å². The highest BCUT2D eigenvalue weighted by molar-refractivity contribution is 7.98. The van der Waals surface area contributed by atoms with Crippen LogP contribution in [-0.4, -0.2) is 60.4 Å². The van der Waals surface area contributed by atoms with Crippen molar-refractivity contribution in [3.63, 3.8) is 0 Å². The molecule has 1 aliphatic rings. The zero-order chi connectivity index (χ0) is 25.1. The lowest BCUT2D eigenvalue weighted by Gasteiger charge is -2.30. The van der Waals surface area contributed by atoms with Gasteiger partial charge in [0.05, 0.1) is 12.2 Å². The molecule has 3 heterocycles. The fourth-order valence-electron chi connectivity index (χ4n) is 4.22. The molecule has 1 atom stereocenters. The molecule has 1 aromatic carbocycles. The highest BCUT2D eigenvalue weighted by Gasteiger charge is 2.50. The molecule has 4 rings (SSSR count). The molecule has 0 bridgehead atoms. The summed E-state index contributed by atoms with van der Waals surface area (Å²) in [6.45, 7) is 0.123. The van der Waals surface area contributed by atoms with Crippen LogP contribution in [-0.2, 0) is 19.4 Å². The number of aromatic nitrogens is 1. The molecular formula is C24H25N3O5S3. The van der Waals surface area contributed by atoms with E-state index in [-0.39, 0.29) is 36.9 Å². The maximum atomic E-state index is 13.7. The topological polar surface area (TPSA) is 117 Å². The van der Waals surface area contributed by atoms with Gasteiger partial charge in [-0.05, 0) is 54.6 Å². The van der Waals surface area contributed by atoms with E-state index < -0.39 is 26.9 Å². The lowest BCUT2D eigenvalue weighted by atomic mass is 9.97. The van der Waals surface area contributed by atoms with Crippen molar-refractivity contribution in [3.05, 3.63) is 71.4 Å². The number of amides is 2. The number of thiophene rings is 1. The molecule has 35 heavy (non-hydrogen) atoms. The Morgan fingerprint density at radius 1 is 1.14 bits per heavy atom. The number of hydrogen-bond acceptors (Lipinski definition) is 8. The number of thioether (sulfide) groups is 1. The quantitative estimate of drug-likeness (QED) is 0.284. The highest BCUT2D eigenvalue weighted by Crippen LogP contribution is 2.45. The van der Waals surface area contributed by atoms with Crippen molar-refractivity contribution in [3.8, 4) is 10.4 Å². The fraction of sp³-hybridized carbons (Fsp3) is 0.292. The molecule has 0 aliphatic carbocycles. The molecule has 0 radical (unpaired) electrons. The van der Waals surface area contributed by atoms with Gasteiger partial charge in [0.15, 0.2) is 9.84 Å². The average molecular weight is 532 g/mol. The first-order valence-corrected chi connectivity index (χ1v) is 14.6. The third-order valence-electron chi connectivity index (χ3n) is 6.18. The van der Waals surface area contributed by atoms with Crippen LogP contribution >= 0.6 is 23.1 Å². The zero-order valence-corrected chi connectivity index (χ0v) is 21.5. The largest absolute Gasteiger partial charge is 0.336 e. The summed E-state index contributed by atoms with van der Waals surface area (Å²) in [6, 6.07) is 16.5. The van der Waals surface area contributed by atoms with Crippen molar-refractivity contribution < 1.29 is 23.2 Å². The molecule has 1 aliphatic heterocycles. The van der Waals surface area contributed by atoms with E-state index >= 15 is 0 Å². The molecule has 3 aromatic rings. The monoisotopic (exact) mass is 531 g/mol. The second kappa shape index (κ2) is 10.5. The summed E-state index contributed by atoms with van der Waals surface area (Å²) in [4.78, 5) is 33.4. The van der Waals surface area contributed by atoms with Gasteiger partial charge in [0.1, 0.15) is 10.4 Å². The van der Waals surface area contributed by atoms with Gasteiger partial charge in [0, 0.05) is 33.9 Å². The van der Waals surface area contributed by atoms with Gasteiger partial charge in [0.25, 0.3) is 5.91 Å². The van der Waals surface area contributed by atoms with Crippen LogP contribution in [0.25, 0.3) is 10.4 Å². The van der Waals surface area contributed by atoms with Gasteiger partial charge in [0.2, 0.25) is 5.91 Å². The normalized spacial score (nSPS) is 19.7. The van der Waals surface area contributed by atoms with Crippen molar-refractivity contribution in [2.45, 2.75) is 22.5 Å². The van der Waals surface area contributed by atoms with E-state index in [1.165, 1.54) is 22.4 Å². The van der Waals surface area contributed by atoms with Crippen LogP contribution in [0.5, 0.6) is 0 Å². The Bertz CT molecular complexity index is 1310. The minimum Gasteiger partial charge on any atom is -0.336 e. The van der Waals surface area contributed by atoms with Crippen molar-refractivity contribution in [1.29, 1.82) is 0 Å². The molecule has 2 N–H and O–H groups in total. The Balaban J connectivity index is 1.71. The van der Waals surface area contributed by atoms with Gasteiger partial charge < -0.3 is 4.90 Å². The summed E-state index contributed by atoms with van der Waals surface area (Å²) in [5.41, 5.74) is 2.76. The number of nitrogens with zero attached hydrogens (tertiary/aromatic N) is 2. The van der Waals surface area contributed by atoms with E-state index in [0.717, 1.165) is 15.3 Å². The number of hydrogen-bond donors (Lipinski definition) is 2. The summed E-state index contributed by atoms with van der Waals surface area (Å²) < 4.78 is 25.8. The Morgan fingerprint density at radius 2 is 1.91 bits per heavy atom. The van der Waals surface area contributed by atoms with Crippen molar-refractivity contribution in [2.24, 2.45) is 0 Å². The van der Waals surface area contributed by atoms with Gasteiger partial charge in [-0.2, -0.15) is 0 Å². The molecule has 2 aromatic heterocycles. The predicted octanol–water partition coefficient (Wildman–Crippen LogP) is 3.58. The van der Waals surface area contributed by atoms with Crippen molar-refractivity contribution >= 4 is 44.8 Å². The molecule has 11 heteroatoms. The van der Waals surface area contributed by atoms with Crippen molar-refractivity contribution in [2.75, 3.05) is 25.1 Å². The molecule has 1 unspecified atom stereocenters. The first kappa shape index (κ1) is 25.4. The molecule has 1 saturated heterocycles. The Labute approximate surface area is 212 Å². The molecule has 2 amide bonds. The number of benzene rings is 1. The average Bonchev–Trinajstić information content (AvgIpc) is 3.34. The Morgan fingerprint density at radius 3 is 2.57 bits per heavy atom. The van der Waals surface area contributed by atoms with Gasteiger partial charge >= 0.3 is 0 Å². The minimum absolute atomic E-state index is 0.00534. The summed E-state index contributed by atoms with van der Waals surface area (Å²) in [6.07, 6.45) is 3.08. The lowest BCUT2D eigenvalue weighted by molar-refractivity contribution is -0.129. The predicted molar refractivity (Wildman–Crippen MR) is 136 cm³/mol. The molecule has 1 fully saturated rings. The summed E-state index contributed by atoms with van der Waals surface area (Å²) in [5, 5.41) is 9.22. The molecular weight excluding hydrogens is 506 g/mol. The van der Waals surface area contributed by atoms with Crippen LogP contribution in [0.4, 0.5) is 0 Å². The number of pyridine rings is 1. The second-order valence-corrected chi connectivity index (χ2v) is 12.6. The van der Waals surface area contributed by atoms with E-state index in [1.807, 2.05) is 36.6 Å². The van der Waals surface area contributed by atoms with Crippen LogP contribution in [0.1, 0.15) is 28.2 Å². The maximum absolute atomic E-state index is 13.7. The lowest BCUT2D eigenvalue weighted by Crippen LogP contribution is -2.41. The van der Waals surface area contributed by atoms with Crippen LogP contribution < -0.4 is 5.48 Å². The molecule has 0 spiro atoms. The van der Waals surface area contributed by atoms with Gasteiger partial charge in [-0.15, -0.1) is 23.1 Å². The standard InChI is InChI=1S/C24H25N3O5S3/c1-33-18-7-5-17(6-8-18)20-9-10-21(34-20)24(16-22(28)26-30)11-13-27(14-15-35(24,31)32)23(29)19-4-2-3-12-25-19/h2-10,12,30H,11,13-16H2,1H3,(H,26,28). The Kier molecular flexibility index (Phi) is 7.60. The fourth-order valence-corrected chi connectivity index (χ4v) is 8.23. The van der Waals surface area contributed by atoms with Gasteiger partial charge in [-0.25, -0.2) is 13.9 Å². The Hall–Kier alpha value is -2.73. The van der Waals surface area contributed by atoms with Crippen LogP contribution in [0, 0.1) is 0 Å². The zero-order valence-electron chi connectivity index (χ0n) is 19.0. The summed E-state index contributed by atoms with van der Waals surface area (Å²) in [7, 11) is -3.89. The van der Waals surface area contributed by atoms with Gasteiger partial charge in [-0.3, -0.25) is 19.8 Å². The number of carbonyl (C=O) groups is 2. The smallest absolute Gasteiger partial charge is 0.272 e. The summed E-state index contributed by atoms with van der Waals surface area (Å²) >= 11 is 2.94. The molecule has 184 valence electrons. The first-order chi connectivity index (χ1) is 16.8. The second-order valence-electron chi connectivity index (χ2n) is 8.17. The highest BCUT2D eigenvalue weighted by atomic mass is 32.2. The number of hydroxylamine groups is 1. The number of carbonyl (C=O) groups excluding carboxylic acids is 2. The minimum atomic E-state index is -3.89. The third-order valence-corrected chi connectivity index (χ3v) is 10.9. The SMILES string of the molecule is CSc1ccc(-c2ccc(C3(CC(=O)NO)CCN(C(=O)c4ccccn4)CCS3(=O)=O)s2)cc1. The van der Waals surface area contributed by atoms with Crippen LogP contribution in [0.15, 0.2) is 65.7 Å². The van der Waals surface area contributed by atoms with Crippen LogP contribution in [0.2, 0.25) is 0 Å². The molecule has 0 saturated carbocycles. The molecule has 8 nitrogen and oxygen atoms in total. The van der Waals surface area contributed by atoms with Gasteiger partial charge in [-0.1, -0.05) is 18.2 Å². The summed E-state index contributed by atoms with van der Waals surface area (Å²) in [5.74, 6) is -1.46. The third kappa shape index (κ3) is 5.13. The maximum Gasteiger partial charge on any atom is 0.272 e.